The molecular weight excluding hydrogens is 376 g/mol. The van der Waals surface area contributed by atoms with Crippen LogP contribution in [-0.2, 0) is 9.53 Å². The number of amides is 2. The van der Waals surface area contributed by atoms with Gasteiger partial charge in [-0.3, -0.25) is 15.0 Å². The molecule has 2 heterocycles. The van der Waals surface area contributed by atoms with Gasteiger partial charge in [0, 0.05) is 24.4 Å². The van der Waals surface area contributed by atoms with Gasteiger partial charge in [0.2, 0.25) is 0 Å². The molecule has 2 aliphatic heterocycles. The summed E-state index contributed by atoms with van der Waals surface area (Å²) in [6, 6.07) is 4.69. The highest BCUT2D eigenvalue weighted by Gasteiger charge is 2.34. The largest absolute Gasteiger partial charge is 0.463 e. The van der Waals surface area contributed by atoms with Gasteiger partial charge >= 0.3 is 12.0 Å². The summed E-state index contributed by atoms with van der Waals surface area (Å²) in [4.78, 5) is 37.8. The third-order valence-electron chi connectivity index (χ3n) is 5.17. The molecule has 1 unspecified atom stereocenters. The number of ether oxygens (including phenoxy) is 1. The Balaban J connectivity index is 1.96. The van der Waals surface area contributed by atoms with Gasteiger partial charge in [-0.15, -0.1) is 0 Å². The van der Waals surface area contributed by atoms with E-state index in [0.717, 1.165) is 25.9 Å². The lowest BCUT2D eigenvalue weighted by atomic mass is 9.94. The molecule has 0 spiro atoms. The van der Waals surface area contributed by atoms with Crippen molar-refractivity contribution in [2.24, 2.45) is 0 Å². The van der Waals surface area contributed by atoms with Crippen LogP contribution in [0.5, 0.6) is 0 Å². The van der Waals surface area contributed by atoms with Crippen molar-refractivity contribution < 1.29 is 19.2 Å². The van der Waals surface area contributed by atoms with Gasteiger partial charge in [-0.05, 0) is 50.6 Å². The molecule has 1 fully saturated rings. The Bertz CT molecular complexity index is 798. The van der Waals surface area contributed by atoms with E-state index < -0.39 is 23.0 Å². The third kappa shape index (κ3) is 5.11. The summed E-state index contributed by atoms with van der Waals surface area (Å²) >= 11 is 0. The van der Waals surface area contributed by atoms with Crippen LogP contribution in [-0.4, -0.2) is 48.1 Å². The minimum absolute atomic E-state index is 0.0551. The number of carbonyl (C=O) groups excluding carboxylic acids is 2. The van der Waals surface area contributed by atoms with Gasteiger partial charge in [0.05, 0.1) is 23.1 Å². The molecule has 3 rings (SSSR count). The summed E-state index contributed by atoms with van der Waals surface area (Å²) < 4.78 is 5.26. The average Bonchev–Trinajstić information content (AvgIpc) is 2.96. The van der Waals surface area contributed by atoms with Crippen LogP contribution in [0, 0.1) is 10.1 Å². The second kappa shape index (κ2) is 9.51. The lowest BCUT2D eigenvalue weighted by molar-refractivity contribution is -0.384. The van der Waals surface area contributed by atoms with E-state index in [2.05, 4.69) is 15.5 Å². The summed E-state index contributed by atoms with van der Waals surface area (Å²) in [5, 5.41) is 16.5. The molecular formula is C20H26N4O5. The topological polar surface area (TPSA) is 114 Å². The molecule has 9 heteroatoms. The van der Waals surface area contributed by atoms with Crippen LogP contribution in [0.3, 0.4) is 0 Å². The molecule has 156 valence electrons. The van der Waals surface area contributed by atoms with E-state index in [1.807, 2.05) is 0 Å². The predicted molar refractivity (Wildman–Crippen MR) is 106 cm³/mol. The van der Waals surface area contributed by atoms with Gasteiger partial charge in [-0.25, -0.2) is 9.59 Å². The van der Waals surface area contributed by atoms with E-state index in [0.29, 0.717) is 23.4 Å². The first-order chi connectivity index (χ1) is 14.0. The molecule has 2 aliphatic rings. The number of likely N-dealkylation sites (tertiary alicyclic amines) is 1. The van der Waals surface area contributed by atoms with Gasteiger partial charge in [-0.2, -0.15) is 0 Å². The first-order valence-electron chi connectivity index (χ1n) is 9.94. The molecule has 1 saturated heterocycles. The number of rotatable bonds is 6. The maximum atomic E-state index is 12.8. The molecule has 0 saturated carbocycles. The molecule has 1 aromatic rings. The lowest BCUT2D eigenvalue weighted by Gasteiger charge is -2.31. The Morgan fingerprint density at radius 2 is 1.86 bits per heavy atom. The number of esters is 1. The maximum absolute atomic E-state index is 12.8. The fourth-order valence-electron chi connectivity index (χ4n) is 3.75. The van der Waals surface area contributed by atoms with Crippen molar-refractivity contribution in [2.75, 3.05) is 26.2 Å². The molecule has 0 aromatic heterocycles. The monoisotopic (exact) mass is 402 g/mol. The molecule has 1 aromatic carbocycles. The number of nitrogens with one attached hydrogen (secondary N) is 2. The van der Waals surface area contributed by atoms with Crippen LogP contribution in [0.25, 0.3) is 0 Å². The van der Waals surface area contributed by atoms with E-state index in [4.69, 9.17) is 4.74 Å². The molecule has 0 radical (unpaired) electrons. The molecule has 0 bridgehead atoms. The number of nitro benzene ring substituents is 1. The third-order valence-corrected chi connectivity index (χ3v) is 5.17. The number of hydrogen-bond acceptors (Lipinski definition) is 6. The summed E-state index contributed by atoms with van der Waals surface area (Å²) in [7, 11) is 0. The fourth-order valence-corrected chi connectivity index (χ4v) is 3.75. The SMILES string of the molecule is CCOC(=O)C1=C(CN2CCCCCC2)NC(=O)NC1c1ccc([N+](=O)[O-])cc1. The van der Waals surface area contributed by atoms with Gasteiger partial charge < -0.3 is 15.4 Å². The number of benzene rings is 1. The van der Waals surface area contributed by atoms with E-state index in [-0.39, 0.29) is 12.3 Å². The second-order valence-electron chi connectivity index (χ2n) is 7.18. The van der Waals surface area contributed by atoms with Gasteiger partial charge in [0.1, 0.15) is 0 Å². The van der Waals surface area contributed by atoms with Crippen LogP contribution in [0.4, 0.5) is 10.5 Å². The Morgan fingerprint density at radius 3 is 2.45 bits per heavy atom. The summed E-state index contributed by atoms with van der Waals surface area (Å²) in [5.41, 5.74) is 1.39. The molecule has 9 nitrogen and oxygen atoms in total. The maximum Gasteiger partial charge on any atom is 0.338 e. The Kier molecular flexibility index (Phi) is 6.82. The smallest absolute Gasteiger partial charge is 0.338 e. The average molecular weight is 402 g/mol. The summed E-state index contributed by atoms with van der Waals surface area (Å²) in [6.07, 6.45) is 4.53. The van der Waals surface area contributed by atoms with Crippen LogP contribution < -0.4 is 10.6 Å². The predicted octanol–water partition coefficient (Wildman–Crippen LogP) is 2.64. The van der Waals surface area contributed by atoms with Crippen molar-refractivity contribution >= 4 is 17.7 Å². The van der Waals surface area contributed by atoms with E-state index in [9.17, 15) is 19.7 Å². The first-order valence-corrected chi connectivity index (χ1v) is 9.94. The first kappa shape index (κ1) is 20.8. The molecule has 1 atom stereocenters. The Hall–Kier alpha value is -2.94. The number of carbonyl (C=O) groups is 2. The van der Waals surface area contributed by atoms with Crippen molar-refractivity contribution in [3.63, 3.8) is 0 Å². The number of nitro groups is 1. The highest BCUT2D eigenvalue weighted by Crippen LogP contribution is 2.29. The van der Waals surface area contributed by atoms with E-state index in [1.54, 1.807) is 19.1 Å². The highest BCUT2D eigenvalue weighted by molar-refractivity contribution is 5.95. The Morgan fingerprint density at radius 1 is 1.21 bits per heavy atom. The second-order valence-corrected chi connectivity index (χ2v) is 7.18. The minimum atomic E-state index is -0.731. The van der Waals surface area contributed by atoms with Crippen LogP contribution in [0.15, 0.2) is 35.5 Å². The normalized spacial score (nSPS) is 20.4. The number of urea groups is 1. The highest BCUT2D eigenvalue weighted by atomic mass is 16.6. The lowest BCUT2D eigenvalue weighted by Crippen LogP contribution is -2.48. The molecule has 29 heavy (non-hydrogen) atoms. The fraction of sp³-hybridized carbons (Fsp3) is 0.500. The summed E-state index contributed by atoms with van der Waals surface area (Å²) in [6.45, 7) is 4.20. The van der Waals surface area contributed by atoms with Gasteiger partial charge in [-0.1, -0.05) is 12.8 Å². The quantitative estimate of drug-likeness (QED) is 0.430. The van der Waals surface area contributed by atoms with Crippen LogP contribution in [0.2, 0.25) is 0 Å². The van der Waals surface area contributed by atoms with Crippen molar-refractivity contribution in [3.05, 3.63) is 51.2 Å². The Labute approximate surface area is 169 Å². The zero-order valence-electron chi connectivity index (χ0n) is 16.5. The minimum Gasteiger partial charge on any atom is -0.463 e. The number of hydrogen-bond donors (Lipinski definition) is 2. The molecule has 2 amide bonds. The zero-order valence-corrected chi connectivity index (χ0v) is 16.5. The van der Waals surface area contributed by atoms with Crippen LogP contribution in [0.1, 0.15) is 44.2 Å². The van der Waals surface area contributed by atoms with Crippen molar-refractivity contribution in [3.8, 4) is 0 Å². The van der Waals surface area contributed by atoms with Crippen molar-refractivity contribution in [2.45, 2.75) is 38.6 Å². The van der Waals surface area contributed by atoms with Crippen molar-refractivity contribution in [1.29, 1.82) is 0 Å². The van der Waals surface area contributed by atoms with E-state index in [1.165, 1.54) is 25.0 Å². The van der Waals surface area contributed by atoms with Gasteiger partial charge in [0.15, 0.2) is 0 Å². The van der Waals surface area contributed by atoms with Gasteiger partial charge in [0.25, 0.3) is 5.69 Å². The zero-order chi connectivity index (χ0) is 20.8. The van der Waals surface area contributed by atoms with Crippen LogP contribution >= 0.6 is 0 Å². The molecule has 2 N–H and O–H groups in total. The summed E-state index contributed by atoms with van der Waals surface area (Å²) in [5.74, 6) is -0.506. The van der Waals surface area contributed by atoms with Crippen molar-refractivity contribution in [1.82, 2.24) is 15.5 Å². The number of nitrogens with zero attached hydrogens (tertiary/aromatic N) is 2. The standard InChI is InChI=1S/C20H26N4O5/c1-2-29-19(25)17-16(13-23-11-5-3-4-6-12-23)21-20(26)22-18(17)14-7-9-15(10-8-14)24(27)28/h7-10,18H,2-6,11-13H2,1H3,(H2,21,22,26). The van der Waals surface area contributed by atoms with E-state index >= 15 is 0 Å². The molecule has 0 aliphatic carbocycles. The number of non-ortho nitro benzene ring substituents is 1.